The number of hydrogen-bond acceptors (Lipinski definition) is 2. The highest BCUT2D eigenvalue weighted by atomic mass is 16.2. The van der Waals surface area contributed by atoms with Crippen molar-refractivity contribution in [3.8, 4) is 0 Å². The molecule has 0 aromatic heterocycles. The minimum absolute atomic E-state index is 0.0357. The number of amides is 1. The lowest BCUT2D eigenvalue weighted by molar-refractivity contribution is -0.136. The maximum atomic E-state index is 12.2. The fourth-order valence-corrected chi connectivity index (χ4v) is 2.43. The first kappa shape index (κ1) is 10.9. The van der Waals surface area contributed by atoms with Gasteiger partial charge in [0.05, 0.1) is 0 Å². The molecule has 1 saturated carbocycles. The molecular weight excluding hydrogens is 188 g/mol. The Bertz CT molecular complexity index is 279. The van der Waals surface area contributed by atoms with Gasteiger partial charge in [-0.05, 0) is 40.5 Å². The van der Waals surface area contributed by atoms with Crippen molar-refractivity contribution in [2.24, 2.45) is 0 Å². The number of nitrogens with zero attached hydrogens (tertiary/aromatic N) is 1. The summed E-state index contributed by atoms with van der Waals surface area (Å²) in [6.07, 6.45) is 3.00. The van der Waals surface area contributed by atoms with Crippen LogP contribution in [0.25, 0.3) is 0 Å². The zero-order valence-corrected chi connectivity index (χ0v) is 10.3. The first-order chi connectivity index (χ1) is 6.82. The van der Waals surface area contributed by atoms with Crippen molar-refractivity contribution in [3.63, 3.8) is 0 Å². The van der Waals surface area contributed by atoms with E-state index in [0.29, 0.717) is 18.4 Å². The number of carbonyl (C=O) groups excluding carboxylic acids is 1. The second-order valence-electron chi connectivity index (χ2n) is 6.22. The van der Waals surface area contributed by atoms with Gasteiger partial charge in [0.15, 0.2) is 0 Å². The highest BCUT2D eigenvalue weighted by Crippen LogP contribution is 2.35. The van der Waals surface area contributed by atoms with Crippen LogP contribution in [0.15, 0.2) is 0 Å². The largest absolute Gasteiger partial charge is 0.333 e. The molecule has 1 aliphatic heterocycles. The van der Waals surface area contributed by atoms with Crippen molar-refractivity contribution < 1.29 is 4.79 Å². The van der Waals surface area contributed by atoms with E-state index in [2.05, 4.69) is 37.9 Å². The molecule has 0 unspecified atom stereocenters. The Hall–Kier alpha value is -0.570. The Labute approximate surface area is 92.2 Å². The lowest BCUT2D eigenvalue weighted by Gasteiger charge is -2.37. The second kappa shape index (κ2) is 3.21. The number of hydrogen-bond donors (Lipinski definition) is 1. The Balaban J connectivity index is 2.23. The summed E-state index contributed by atoms with van der Waals surface area (Å²) in [4.78, 5) is 14.3. The van der Waals surface area contributed by atoms with Crippen LogP contribution in [-0.4, -0.2) is 34.5 Å². The van der Waals surface area contributed by atoms with E-state index in [4.69, 9.17) is 0 Å². The molecule has 0 aromatic carbocycles. The molecule has 15 heavy (non-hydrogen) atoms. The molecule has 0 spiro atoms. The van der Waals surface area contributed by atoms with Gasteiger partial charge in [-0.25, -0.2) is 0 Å². The first-order valence-corrected chi connectivity index (χ1v) is 5.89. The zero-order chi connectivity index (χ0) is 11.3. The molecule has 3 heteroatoms. The monoisotopic (exact) mass is 210 g/mol. The first-order valence-electron chi connectivity index (χ1n) is 5.89. The van der Waals surface area contributed by atoms with Gasteiger partial charge in [0, 0.05) is 30.1 Å². The lowest BCUT2D eigenvalue weighted by atomic mass is 10.0. The summed E-state index contributed by atoms with van der Waals surface area (Å²) in [5.41, 5.74) is -0.0932. The molecule has 2 rings (SSSR count). The van der Waals surface area contributed by atoms with Gasteiger partial charge in [0.2, 0.25) is 5.91 Å². The number of rotatable bonds is 1. The van der Waals surface area contributed by atoms with Crippen LogP contribution in [0.4, 0.5) is 0 Å². The smallest absolute Gasteiger partial charge is 0.225 e. The van der Waals surface area contributed by atoms with E-state index in [9.17, 15) is 4.79 Å². The average molecular weight is 210 g/mol. The lowest BCUT2D eigenvalue weighted by Crippen LogP contribution is -2.52. The van der Waals surface area contributed by atoms with Gasteiger partial charge in [-0.15, -0.1) is 0 Å². The van der Waals surface area contributed by atoms with Crippen LogP contribution in [0.5, 0.6) is 0 Å². The van der Waals surface area contributed by atoms with E-state index in [1.165, 1.54) is 12.8 Å². The van der Waals surface area contributed by atoms with E-state index in [1.54, 1.807) is 0 Å². The topological polar surface area (TPSA) is 32.3 Å². The average Bonchev–Trinajstić information content (AvgIpc) is 2.83. The Morgan fingerprint density at radius 1 is 1.27 bits per heavy atom. The molecule has 1 aliphatic carbocycles. The normalized spacial score (nSPS) is 30.1. The fraction of sp³-hybridized carbons (Fsp3) is 0.917. The summed E-state index contributed by atoms with van der Waals surface area (Å²) in [5.74, 6) is 0.317. The van der Waals surface area contributed by atoms with Crippen molar-refractivity contribution in [2.45, 2.75) is 64.1 Å². The molecule has 0 radical (unpaired) electrons. The fourth-order valence-electron chi connectivity index (χ4n) is 2.43. The van der Waals surface area contributed by atoms with Crippen LogP contribution in [0.3, 0.4) is 0 Å². The SMILES string of the molecule is CC1(C)CC(=O)N(C2CC2)C(C)(C)CN1. The van der Waals surface area contributed by atoms with Crippen molar-refractivity contribution in [1.82, 2.24) is 10.2 Å². The van der Waals surface area contributed by atoms with Gasteiger partial charge in [0.1, 0.15) is 0 Å². The van der Waals surface area contributed by atoms with Crippen molar-refractivity contribution >= 4 is 5.91 Å². The predicted octanol–water partition coefficient (Wildman–Crippen LogP) is 1.53. The molecule has 3 nitrogen and oxygen atoms in total. The predicted molar refractivity (Wildman–Crippen MR) is 60.6 cm³/mol. The summed E-state index contributed by atoms with van der Waals surface area (Å²) >= 11 is 0. The standard InChI is InChI=1S/C12H22N2O/c1-11(2)7-10(15)14(9-5-6-9)12(3,4)8-13-11/h9,13H,5-8H2,1-4H3. The molecule has 1 N–H and O–H groups in total. The molecule has 2 aliphatic rings. The summed E-state index contributed by atoms with van der Waals surface area (Å²) in [7, 11) is 0. The summed E-state index contributed by atoms with van der Waals surface area (Å²) < 4.78 is 0. The highest BCUT2D eigenvalue weighted by molar-refractivity contribution is 5.79. The molecular formula is C12H22N2O. The van der Waals surface area contributed by atoms with E-state index in [0.717, 1.165) is 6.54 Å². The third-order valence-electron chi connectivity index (χ3n) is 3.43. The summed E-state index contributed by atoms with van der Waals surface area (Å²) in [5, 5.41) is 3.49. The van der Waals surface area contributed by atoms with Gasteiger partial charge >= 0.3 is 0 Å². The molecule has 86 valence electrons. The van der Waals surface area contributed by atoms with Crippen LogP contribution in [-0.2, 0) is 4.79 Å². The minimum atomic E-state index is -0.0575. The number of nitrogens with one attached hydrogen (secondary N) is 1. The van der Waals surface area contributed by atoms with E-state index >= 15 is 0 Å². The third-order valence-corrected chi connectivity index (χ3v) is 3.43. The van der Waals surface area contributed by atoms with Crippen LogP contribution in [0, 0.1) is 0 Å². The Morgan fingerprint density at radius 2 is 1.87 bits per heavy atom. The van der Waals surface area contributed by atoms with Crippen molar-refractivity contribution in [3.05, 3.63) is 0 Å². The van der Waals surface area contributed by atoms with Gasteiger partial charge in [-0.1, -0.05) is 0 Å². The maximum absolute atomic E-state index is 12.2. The van der Waals surface area contributed by atoms with Gasteiger partial charge in [-0.3, -0.25) is 4.79 Å². The molecule has 2 fully saturated rings. The van der Waals surface area contributed by atoms with Crippen LogP contribution in [0.1, 0.15) is 47.0 Å². The van der Waals surface area contributed by atoms with E-state index < -0.39 is 0 Å². The van der Waals surface area contributed by atoms with Crippen LogP contribution >= 0.6 is 0 Å². The van der Waals surface area contributed by atoms with Gasteiger partial charge in [0.25, 0.3) is 0 Å². The maximum Gasteiger partial charge on any atom is 0.225 e. The Morgan fingerprint density at radius 3 is 2.40 bits per heavy atom. The highest BCUT2D eigenvalue weighted by Gasteiger charge is 2.45. The minimum Gasteiger partial charge on any atom is -0.333 e. The molecule has 1 amide bonds. The molecule has 0 bridgehead atoms. The second-order valence-corrected chi connectivity index (χ2v) is 6.22. The van der Waals surface area contributed by atoms with Gasteiger partial charge < -0.3 is 10.2 Å². The van der Waals surface area contributed by atoms with Crippen molar-refractivity contribution in [2.75, 3.05) is 6.54 Å². The molecule has 0 aromatic rings. The van der Waals surface area contributed by atoms with E-state index in [-0.39, 0.29) is 11.1 Å². The van der Waals surface area contributed by atoms with Crippen LogP contribution < -0.4 is 5.32 Å². The van der Waals surface area contributed by atoms with Crippen molar-refractivity contribution in [1.29, 1.82) is 0 Å². The van der Waals surface area contributed by atoms with Crippen LogP contribution in [0.2, 0.25) is 0 Å². The number of carbonyl (C=O) groups is 1. The summed E-state index contributed by atoms with van der Waals surface area (Å²) in [6.45, 7) is 9.44. The summed E-state index contributed by atoms with van der Waals surface area (Å²) in [6, 6.07) is 0.517. The zero-order valence-electron chi connectivity index (χ0n) is 10.3. The quantitative estimate of drug-likeness (QED) is 0.712. The molecule has 1 saturated heterocycles. The third kappa shape index (κ3) is 2.17. The molecule has 0 atom stereocenters. The molecule has 1 heterocycles. The van der Waals surface area contributed by atoms with Gasteiger partial charge in [-0.2, -0.15) is 0 Å². The van der Waals surface area contributed by atoms with E-state index in [1.807, 2.05) is 0 Å². The Kier molecular flexibility index (Phi) is 2.34.